The minimum Gasteiger partial charge on any atom is -0.478 e. The van der Waals surface area contributed by atoms with E-state index in [1.165, 1.54) is 6.08 Å². The van der Waals surface area contributed by atoms with E-state index in [-0.39, 0.29) is 5.75 Å². The van der Waals surface area contributed by atoms with E-state index in [0.717, 1.165) is 6.08 Å². The van der Waals surface area contributed by atoms with Crippen molar-refractivity contribution >= 4 is 27.8 Å². The molecule has 114 valence electrons. The average Bonchev–Trinajstić information content (AvgIpc) is 2.45. The van der Waals surface area contributed by atoms with Gasteiger partial charge in [0.25, 0.3) is 0 Å². The maximum Gasteiger partial charge on any atom is 0.328 e. The van der Waals surface area contributed by atoms with Crippen molar-refractivity contribution in [1.29, 1.82) is 0 Å². The van der Waals surface area contributed by atoms with Crippen molar-refractivity contribution in [1.82, 2.24) is 0 Å². The number of sulfonamides is 1. The first-order valence-electron chi connectivity index (χ1n) is 6.50. The van der Waals surface area contributed by atoms with Crippen LogP contribution in [0.15, 0.2) is 60.7 Å². The van der Waals surface area contributed by atoms with Gasteiger partial charge in [-0.15, -0.1) is 0 Å². The topological polar surface area (TPSA) is 83.5 Å². The molecule has 2 aromatic rings. The number of benzene rings is 2. The van der Waals surface area contributed by atoms with Gasteiger partial charge >= 0.3 is 5.97 Å². The molecule has 6 heteroatoms. The summed E-state index contributed by atoms with van der Waals surface area (Å²) in [4.78, 5) is 10.5. The highest BCUT2D eigenvalue weighted by Crippen LogP contribution is 2.15. The van der Waals surface area contributed by atoms with Crippen molar-refractivity contribution in [2.24, 2.45) is 0 Å². The van der Waals surface area contributed by atoms with Crippen LogP contribution in [0.5, 0.6) is 0 Å². The summed E-state index contributed by atoms with van der Waals surface area (Å²) in [5, 5.41) is 8.60. The first kappa shape index (κ1) is 15.8. The van der Waals surface area contributed by atoms with Crippen molar-refractivity contribution in [2.45, 2.75) is 5.75 Å². The monoisotopic (exact) mass is 317 g/mol. The van der Waals surface area contributed by atoms with Crippen molar-refractivity contribution in [3.8, 4) is 0 Å². The maximum atomic E-state index is 12.1. The highest BCUT2D eigenvalue weighted by molar-refractivity contribution is 7.91. The van der Waals surface area contributed by atoms with Gasteiger partial charge in [0.2, 0.25) is 10.0 Å². The highest BCUT2D eigenvalue weighted by atomic mass is 32.2. The minimum atomic E-state index is -3.53. The number of hydrogen-bond donors (Lipinski definition) is 2. The Morgan fingerprint density at radius 1 is 1.09 bits per heavy atom. The zero-order chi connectivity index (χ0) is 16.0. The second-order valence-electron chi connectivity index (χ2n) is 4.64. The van der Waals surface area contributed by atoms with E-state index in [1.54, 1.807) is 48.5 Å². The molecule has 0 amide bonds. The van der Waals surface area contributed by atoms with Crippen LogP contribution in [0.1, 0.15) is 11.1 Å². The van der Waals surface area contributed by atoms with Gasteiger partial charge < -0.3 is 5.11 Å². The highest BCUT2D eigenvalue weighted by Gasteiger charge is 2.11. The lowest BCUT2D eigenvalue weighted by Gasteiger charge is -2.08. The van der Waals surface area contributed by atoms with Crippen molar-refractivity contribution in [2.75, 3.05) is 4.72 Å². The Kier molecular flexibility index (Phi) is 4.95. The second-order valence-corrected chi connectivity index (χ2v) is 6.37. The van der Waals surface area contributed by atoms with Crippen LogP contribution >= 0.6 is 0 Å². The van der Waals surface area contributed by atoms with Gasteiger partial charge in [0, 0.05) is 11.8 Å². The van der Waals surface area contributed by atoms with Crippen LogP contribution in [0.3, 0.4) is 0 Å². The van der Waals surface area contributed by atoms with E-state index in [1.807, 2.05) is 6.07 Å². The fourth-order valence-electron chi connectivity index (χ4n) is 1.88. The molecule has 0 radical (unpaired) electrons. The largest absolute Gasteiger partial charge is 0.478 e. The molecule has 0 aliphatic heterocycles. The number of hydrogen-bond acceptors (Lipinski definition) is 3. The van der Waals surface area contributed by atoms with Gasteiger partial charge in [-0.25, -0.2) is 13.2 Å². The maximum absolute atomic E-state index is 12.1. The first-order chi connectivity index (χ1) is 10.4. The van der Waals surface area contributed by atoms with Crippen LogP contribution in [-0.4, -0.2) is 19.5 Å². The van der Waals surface area contributed by atoms with E-state index in [9.17, 15) is 13.2 Å². The summed E-state index contributed by atoms with van der Waals surface area (Å²) < 4.78 is 26.7. The van der Waals surface area contributed by atoms with Crippen molar-refractivity contribution < 1.29 is 18.3 Å². The average molecular weight is 317 g/mol. The summed E-state index contributed by atoms with van der Waals surface area (Å²) in [6, 6.07) is 15.4. The summed E-state index contributed by atoms with van der Waals surface area (Å²) in [6.07, 6.45) is 2.40. The molecule has 0 saturated carbocycles. The summed E-state index contributed by atoms with van der Waals surface area (Å²) in [7, 11) is -3.53. The third kappa shape index (κ3) is 5.06. The lowest BCUT2D eigenvalue weighted by Crippen LogP contribution is -2.15. The SMILES string of the molecule is O=C(O)C=Cc1cccc(NS(=O)(=O)Cc2ccccc2)c1. The summed E-state index contributed by atoms with van der Waals surface area (Å²) in [5.74, 6) is -1.18. The Morgan fingerprint density at radius 3 is 2.50 bits per heavy atom. The van der Waals surface area contributed by atoms with Crippen LogP contribution in [0.4, 0.5) is 5.69 Å². The molecular formula is C16H15NO4S. The Balaban J connectivity index is 2.12. The van der Waals surface area contributed by atoms with E-state index in [2.05, 4.69) is 4.72 Å². The summed E-state index contributed by atoms with van der Waals surface area (Å²) >= 11 is 0. The molecular weight excluding hydrogens is 302 g/mol. The Labute approximate surface area is 129 Å². The lowest BCUT2D eigenvalue weighted by atomic mass is 10.2. The Morgan fingerprint density at radius 2 is 1.82 bits per heavy atom. The van der Waals surface area contributed by atoms with Gasteiger partial charge in [0.1, 0.15) is 0 Å². The molecule has 0 aliphatic carbocycles. The molecule has 0 heterocycles. The van der Waals surface area contributed by atoms with Crippen molar-refractivity contribution in [3.05, 3.63) is 71.8 Å². The van der Waals surface area contributed by atoms with Crippen LogP contribution < -0.4 is 4.72 Å². The molecule has 0 bridgehead atoms. The molecule has 0 fully saturated rings. The zero-order valence-electron chi connectivity index (χ0n) is 11.6. The van der Waals surface area contributed by atoms with Crippen LogP contribution in [0, 0.1) is 0 Å². The number of nitrogens with one attached hydrogen (secondary N) is 1. The number of carbonyl (C=O) groups is 1. The van der Waals surface area contributed by atoms with Gasteiger partial charge in [-0.3, -0.25) is 4.72 Å². The molecule has 0 aliphatic rings. The molecule has 2 N–H and O–H groups in total. The van der Waals surface area contributed by atoms with Gasteiger partial charge in [0.05, 0.1) is 5.75 Å². The number of aliphatic carboxylic acids is 1. The van der Waals surface area contributed by atoms with Crippen LogP contribution in [-0.2, 0) is 20.6 Å². The summed E-state index contributed by atoms with van der Waals surface area (Å²) in [6.45, 7) is 0. The molecule has 0 unspecified atom stereocenters. The second kappa shape index (κ2) is 6.91. The molecule has 0 saturated heterocycles. The lowest BCUT2D eigenvalue weighted by molar-refractivity contribution is -0.131. The third-order valence-corrected chi connectivity index (χ3v) is 4.04. The van der Waals surface area contributed by atoms with Gasteiger partial charge in [-0.05, 0) is 29.3 Å². The molecule has 0 atom stereocenters. The van der Waals surface area contributed by atoms with Crippen LogP contribution in [0.2, 0.25) is 0 Å². The minimum absolute atomic E-state index is 0.122. The normalized spacial score (nSPS) is 11.5. The van der Waals surface area contributed by atoms with Gasteiger partial charge in [-0.1, -0.05) is 42.5 Å². The quantitative estimate of drug-likeness (QED) is 0.802. The third-order valence-electron chi connectivity index (χ3n) is 2.78. The Bertz CT molecular complexity index is 783. The smallest absolute Gasteiger partial charge is 0.328 e. The van der Waals surface area contributed by atoms with E-state index in [4.69, 9.17) is 5.11 Å². The summed E-state index contributed by atoms with van der Waals surface area (Å²) in [5.41, 5.74) is 1.68. The molecule has 22 heavy (non-hydrogen) atoms. The number of carboxylic acids is 1. The predicted molar refractivity (Wildman–Crippen MR) is 85.8 cm³/mol. The van der Waals surface area contributed by atoms with E-state index in [0.29, 0.717) is 16.8 Å². The fourth-order valence-corrected chi connectivity index (χ4v) is 3.07. The standard InChI is InChI=1S/C16H15NO4S/c18-16(19)10-9-13-7-4-8-15(11-13)17-22(20,21)12-14-5-2-1-3-6-14/h1-11,17H,12H2,(H,18,19). The van der Waals surface area contributed by atoms with E-state index >= 15 is 0 Å². The zero-order valence-corrected chi connectivity index (χ0v) is 12.5. The number of anilines is 1. The number of carboxylic acid groups (broad SMARTS) is 1. The predicted octanol–water partition coefficient (Wildman–Crippen LogP) is 2.73. The first-order valence-corrected chi connectivity index (χ1v) is 8.15. The Hall–Kier alpha value is -2.60. The van der Waals surface area contributed by atoms with Gasteiger partial charge in [-0.2, -0.15) is 0 Å². The number of rotatable bonds is 6. The molecule has 2 aromatic carbocycles. The van der Waals surface area contributed by atoms with E-state index < -0.39 is 16.0 Å². The van der Waals surface area contributed by atoms with Crippen LogP contribution in [0.25, 0.3) is 6.08 Å². The van der Waals surface area contributed by atoms with Gasteiger partial charge in [0.15, 0.2) is 0 Å². The molecule has 5 nitrogen and oxygen atoms in total. The molecule has 0 spiro atoms. The van der Waals surface area contributed by atoms with Crippen molar-refractivity contribution in [3.63, 3.8) is 0 Å². The molecule has 2 rings (SSSR count). The fraction of sp³-hybridized carbons (Fsp3) is 0.0625. The molecule has 0 aromatic heterocycles.